The molecule has 0 amide bonds. The van der Waals surface area contributed by atoms with E-state index in [0.29, 0.717) is 6.04 Å². The van der Waals surface area contributed by atoms with Gasteiger partial charge in [-0.2, -0.15) is 0 Å². The van der Waals surface area contributed by atoms with Crippen LogP contribution >= 0.6 is 0 Å². The first-order chi connectivity index (χ1) is 8.27. The molecule has 0 bridgehead atoms. The topological polar surface area (TPSA) is 28.2 Å². The molecular formula is C14H21N3. The van der Waals surface area contributed by atoms with Crippen LogP contribution < -0.4 is 10.2 Å². The molecule has 92 valence electrons. The van der Waals surface area contributed by atoms with E-state index < -0.39 is 0 Å². The number of hydrogen-bond donors (Lipinski definition) is 1. The van der Waals surface area contributed by atoms with E-state index in [1.807, 2.05) is 12.4 Å². The maximum Gasteiger partial charge on any atom is 0.0601 e. The Kier molecular flexibility index (Phi) is 4.15. The average molecular weight is 231 g/mol. The third-order valence-electron chi connectivity index (χ3n) is 2.99. The van der Waals surface area contributed by atoms with Gasteiger partial charge in [0.25, 0.3) is 0 Å². The molecule has 0 fully saturated rings. The Bertz CT molecular complexity index is 385. The minimum Gasteiger partial charge on any atom is -0.366 e. The van der Waals surface area contributed by atoms with Gasteiger partial charge in [0, 0.05) is 31.9 Å². The van der Waals surface area contributed by atoms with Gasteiger partial charge in [-0.25, -0.2) is 0 Å². The monoisotopic (exact) mass is 231 g/mol. The lowest BCUT2D eigenvalue weighted by molar-refractivity contribution is 0.587. The third kappa shape index (κ3) is 3.30. The van der Waals surface area contributed by atoms with Crippen molar-refractivity contribution < 1.29 is 0 Å². The third-order valence-corrected chi connectivity index (χ3v) is 2.99. The second-order valence-corrected chi connectivity index (χ2v) is 4.75. The van der Waals surface area contributed by atoms with E-state index in [1.54, 1.807) is 0 Å². The first kappa shape index (κ1) is 12.1. The van der Waals surface area contributed by atoms with Gasteiger partial charge in [-0.3, -0.25) is 4.98 Å². The van der Waals surface area contributed by atoms with Gasteiger partial charge < -0.3 is 10.2 Å². The van der Waals surface area contributed by atoms with Crippen LogP contribution in [0.5, 0.6) is 0 Å². The van der Waals surface area contributed by atoms with Crippen molar-refractivity contribution in [1.29, 1.82) is 0 Å². The largest absolute Gasteiger partial charge is 0.366 e. The molecule has 1 aliphatic heterocycles. The predicted octanol–water partition coefficient (Wildman–Crippen LogP) is 2.35. The Balaban J connectivity index is 2.12. The number of rotatable bonds is 4. The summed E-state index contributed by atoms with van der Waals surface area (Å²) in [5.41, 5.74) is 2.61. The maximum atomic E-state index is 4.25. The Morgan fingerprint density at radius 1 is 1.41 bits per heavy atom. The summed E-state index contributed by atoms with van der Waals surface area (Å²) in [4.78, 5) is 6.65. The van der Waals surface area contributed by atoms with E-state index in [2.05, 4.69) is 47.3 Å². The number of anilines is 1. The highest BCUT2D eigenvalue weighted by atomic mass is 15.1. The van der Waals surface area contributed by atoms with Gasteiger partial charge >= 0.3 is 0 Å². The number of aromatic nitrogens is 1. The fraction of sp³-hybridized carbons (Fsp3) is 0.500. The minimum absolute atomic E-state index is 0.511. The zero-order valence-corrected chi connectivity index (χ0v) is 10.7. The summed E-state index contributed by atoms with van der Waals surface area (Å²) in [6.07, 6.45) is 9.47. The molecule has 3 nitrogen and oxygen atoms in total. The molecule has 2 rings (SSSR count). The summed E-state index contributed by atoms with van der Waals surface area (Å²) in [7, 11) is 0. The fourth-order valence-corrected chi connectivity index (χ4v) is 2.02. The Labute approximate surface area is 104 Å². The molecule has 0 saturated heterocycles. The molecular weight excluding hydrogens is 210 g/mol. The van der Waals surface area contributed by atoms with Crippen LogP contribution in [0.15, 0.2) is 30.6 Å². The first-order valence-electron chi connectivity index (χ1n) is 6.33. The molecule has 1 aromatic heterocycles. The molecule has 3 heteroatoms. The minimum atomic E-state index is 0.511. The van der Waals surface area contributed by atoms with Gasteiger partial charge in [0.2, 0.25) is 0 Å². The van der Waals surface area contributed by atoms with Crippen molar-refractivity contribution >= 4 is 5.69 Å². The van der Waals surface area contributed by atoms with Crippen molar-refractivity contribution in [3.8, 4) is 0 Å². The zero-order chi connectivity index (χ0) is 12.1. The quantitative estimate of drug-likeness (QED) is 0.806. The van der Waals surface area contributed by atoms with Crippen molar-refractivity contribution in [3.63, 3.8) is 0 Å². The van der Waals surface area contributed by atoms with Crippen LogP contribution in [0.3, 0.4) is 0 Å². The maximum absolute atomic E-state index is 4.25. The zero-order valence-electron chi connectivity index (χ0n) is 10.7. The highest BCUT2D eigenvalue weighted by molar-refractivity contribution is 5.52. The Morgan fingerprint density at radius 2 is 2.29 bits per heavy atom. The first-order valence-corrected chi connectivity index (χ1v) is 6.33. The van der Waals surface area contributed by atoms with Crippen LogP contribution in [0.25, 0.3) is 0 Å². The van der Waals surface area contributed by atoms with E-state index in [4.69, 9.17) is 0 Å². The SMILES string of the molecule is CC(C)NCc1ccncc1N1CC=CCC1. The summed E-state index contributed by atoms with van der Waals surface area (Å²) in [6.45, 7) is 7.35. The van der Waals surface area contributed by atoms with Crippen LogP contribution in [0.1, 0.15) is 25.8 Å². The van der Waals surface area contributed by atoms with E-state index in [9.17, 15) is 0 Å². The summed E-state index contributed by atoms with van der Waals surface area (Å²) in [5, 5.41) is 3.47. The number of pyridine rings is 1. The molecule has 0 atom stereocenters. The van der Waals surface area contributed by atoms with Gasteiger partial charge in [-0.05, 0) is 18.1 Å². The van der Waals surface area contributed by atoms with E-state index >= 15 is 0 Å². The second-order valence-electron chi connectivity index (χ2n) is 4.75. The summed E-state index contributed by atoms with van der Waals surface area (Å²) in [5.74, 6) is 0. The van der Waals surface area contributed by atoms with E-state index in [0.717, 1.165) is 26.1 Å². The molecule has 17 heavy (non-hydrogen) atoms. The second kappa shape index (κ2) is 5.82. The number of hydrogen-bond acceptors (Lipinski definition) is 3. The molecule has 1 aromatic rings. The molecule has 2 heterocycles. The lowest BCUT2D eigenvalue weighted by Crippen LogP contribution is -2.29. The summed E-state index contributed by atoms with van der Waals surface area (Å²) >= 11 is 0. The lowest BCUT2D eigenvalue weighted by Gasteiger charge is -2.27. The Hall–Kier alpha value is -1.35. The van der Waals surface area contributed by atoms with Crippen molar-refractivity contribution in [3.05, 3.63) is 36.2 Å². The Morgan fingerprint density at radius 3 is 3.00 bits per heavy atom. The molecule has 0 spiro atoms. The fourth-order valence-electron chi connectivity index (χ4n) is 2.02. The summed E-state index contributed by atoms with van der Waals surface area (Å²) < 4.78 is 0. The van der Waals surface area contributed by atoms with Crippen molar-refractivity contribution in [2.24, 2.45) is 0 Å². The van der Waals surface area contributed by atoms with Crippen LogP contribution in [0, 0.1) is 0 Å². The van der Waals surface area contributed by atoms with Crippen LogP contribution in [-0.4, -0.2) is 24.1 Å². The molecule has 0 unspecified atom stereocenters. The van der Waals surface area contributed by atoms with Crippen molar-refractivity contribution in [1.82, 2.24) is 10.3 Å². The van der Waals surface area contributed by atoms with Gasteiger partial charge in [-0.1, -0.05) is 26.0 Å². The molecule has 1 aliphatic rings. The number of nitrogens with one attached hydrogen (secondary N) is 1. The molecule has 0 aromatic carbocycles. The van der Waals surface area contributed by atoms with Crippen LogP contribution in [0.2, 0.25) is 0 Å². The van der Waals surface area contributed by atoms with Crippen LogP contribution in [0.4, 0.5) is 5.69 Å². The standard InChI is InChI=1S/C14H21N3/c1-12(2)16-10-13-6-7-15-11-14(13)17-8-4-3-5-9-17/h3-4,6-7,11-12,16H,5,8-10H2,1-2H3. The molecule has 0 saturated carbocycles. The average Bonchev–Trinajstić information content (AvgIpc) is 2.38. The predicted molar refractivity (Wildman–Crippen MR) is 72.2 cm³/mol. The molecule has 0 radical (unpaired) electrons. The van der Waals surface area contributed by atoms with Gasteiger partial charge in [0.1, 0.15) is 0 Å². The lowest BCUT2D eigenvalue weighted by atomic mass is 10.1. The number of nitrogens with zero attached hydrogens (tertiary/aromatic N) is 2. The van der Waals surface area contributed by atoms with Crippen molar-refractivity contribution in [2.45, 2.75) is 32.9 Å². The molecule has 1 N–H and O–H groups in total. The highest BCUT2D eigenvalue weighted by Crippen LogP contribution is 2.21. The van der Waals surface area contributed by atoms with Gasteiger partial charge in [-0.15, -0.1) is 0 Å². The summed E-state index contributed by atoms with van der Waals surface area (Å²) in [6, 6.07) is 2.63. The molecule has 0 aliphatic carbocycles. The van der Waals surface area contributed by atoms with Crippen molar-refractivity contribution in [2.75, 3.05) is 18.0 Å². The van der Waals surface area contributed by atoms with E-state index in [1.165, 1.54) is 11.3 Å². The normalized spacial score (nSPS) is 15.6. The van der Waals surface area contributed by atoms with Gasteiger partial charge in [0.15, 0.2) is 0 Å². The smallest absolute Gasteiger partial charge is 0.0601 e. The van der Waals surface area contributed by atoms with Crippen LogP contribution in [-0.2, 0) is 6.54 Å². The highest BCUT2D eigenvalue weighted by Gasteiger charge is 2.11. The van der Waals surface area contributed by atoms with E-state index in [-0.39, 0.29) is 0 Å². The van der Waals surface area contributed by atoms with Gasteiger partial charge in [0.05, 0.1) is 11.9 Å².